The van der Waals surface area contributed by atoms with Crippen LogP contribution in [0.1, 0.15) is 17.6 Å². The minimum absolute atomic E-state index is 0.0828. The molecule has 28 heavy (non-hydrogen) atoms. The summed E-state index contributed by atoms with van der Waals surface area (Å²) in [6, 6.07) is 5.77. The Morgan fingerprint density at radius 3 is 2.89 bits per heavy atom. The molecular formula is C18H21N7O3. The maximum Gasteiger partial charge on any atom is 0.280 e. The van der Waals surface area contributed by atoms with Crippen molar-refractivity contribution in [1.82, 2.24) is 35.4 Å². The second kappa shape index (κ2) is 6.88. The van der Waals surface area contributed by atoms with Gasteiger partial charge in [-0.2, -0.15) is 4.98 Å². The Hall–Kier alpha value is -2.98. The van der Waals surface area contributed by atoms with E-state index in [4.69, 9.17) is 14.0 Å². The summed E-state index contributed by atoms with van der Waals surface area (Å²) >= 11 is 0. The third-order valence-electron chi connectivity index (χ3n) is 5.12. The molecule has 2 aliphatic heterocycles. The summed E-state index contributed by atoms with van der Waals surface area (Å²) in [6.07, 6.45) is 0. The molecular weight excluding hydrogens is 362 g/mol. The lowest BCUT2D eigenvalue weighted by molar-refractivity contribution is 0.171. The zero-order chi connectivity index (χ0) is 19.1. The SMILES string of the molecule is Cc1c(-c2nc(C3CNCCN3C)no2)nnn1-c1ccc2c(c1)OCCO2. The first-order chi connectivity index (χ1) is 13.7. The molecule has 0 radical (unpaired) electrons. The lowest BCUT2D eigenvalue weighted by Crippen LogP contribution is -2.44. The smallest absolute Gasteiger partial charge is 0.280 e. The molecule has 0 aliphatic carbocycles. The molecule has 0 saturated carbocycles. The Balaban J connectivity index is 1.45. The Morgan fingerprint density at radius 2 is 2.04 bits per heavy atom. The molecule has 5 rings (SSSR count). The van der Waals surface area contributed by atoms with Gasteiger partial charge in [-0.3, -0.25) is 4.90 Å². The van der Waals surface area contributed by atoms with E-state index in [1.54, 1.807) is 4.68 Å². The number of benzene rings is 1. The van der Waals surface area contributed by atoms with Crippen LogP contribution in [0.25, 0.3) is 17.3 Å². The van der Waals surface area contributed by atoms with Crippen LogP contribution in [0.4, 0.5) is 0 Å². The number of rotatable bonds is 3. The Kier molecular flexibility index (Phi) is 4.21. The summed E-state index contributed by atoms with van der Waals surface area (Å²) in [4.78, 5) is 6.79. The number of likely N-dealkylation sites (N-methyl/N-ethyl adjacent to an activating group) is 1. The van der Waals surface area contributed by atoms with E-state index in [0.717, 1.165) is 36.8 Å². The molecule has 1 atom stereocenters. The molecule has 1 N–H and O–H groups in total. The van der Waals surface area contributed by atoms with E-state index in [2.05, 4.69) is 37.7 Å². The predicted octanol–water partition coefficient (Wildman–Crippen LogP) is 0.973. The van der Waals surface area contributed by atoms with E-state index in [1.807, 2.05) is 25.1 Å². The number of fused-ring (bicyclic) bond motifs is 1. The quantitative estimate of drug-likeness (QED) is 0.708. The number of nitrogens with zero attached hydrogens (tertiary/aromatic N) is 6. The highest BCUT2D eigenvalue weighted by molar-refractivity contribution is 5.54. The Bertz CT molecular complexity index is 999. The number of aromatic nitrogens is 5. The molecule has 146 valence electrons. The molecule has 0 bridgehead atoms. The lowest BCUT2D eigenvalue weighted by Gasteiger charge is -2.30. The van der Waals surface area contributed by atoms with E-state index >= 15 is 0 Å². The van der Waals surface area contributed by atoms with Gasteiger partial charge in [-0.25, -0.2) is 4.68 Å². The van der Waals surface area contributed by atoms with Gasteiger partial charge in [0, 0.05) is 25.7 Å². The third kappa shape index (κ3) is 2.90. The first kappa shape index (κ1) is 17.1. The highest BCUT2D eigenvalue weighted by Crippen LogP contribution is 2.33. The molecule has 2 aromatic heterocycles. The first-order valence-electron chi connectivity index (χ1n) is 9.28. The third-order valence-corrected chi connectivity index (χ3v) is 5.12. The minimum Gasteiger partial charge on any atom is -0.486 e. The maximum atomic E-state index is 5.66. The van der Waals surface area contributed by atoms with Gasteiger partial charge in [-0.1, -0.05) is 10.4 Å². The molecule has 0 amide bonds. The van der Waals surface area contributed by atoms with Crippen LogP contribution in [0.2, 0.25) is 0 Å². The van der Waals surface area contributed by atoms with Crippen molar-refractivity contribution in [3.05, 3.63) is 29.7 Å². The summed E-state index contributed by atoms with van der Waals surface area (Å²) < 4.78 is 18.5. The monoisotopic (exact) mass is 383 g/mol. The van der Waals surface area contributed by atoms with Crippen LogP contribution in [-0.4, -0.2) is 69.9 Å². The number of piperazine rings is 1. The fraction of sp³-hybridized carbons (Fsp3) is 0.444. The molecule has 1 aromatic carbocycles. The van der Waals surface area contributed by atoms with Crippen LogP contribution in [0.5, 0.6) is 11.5 Å². The average Bonchev–Trinajstić information content (AvgIpc) is 3.35. The maximum absolute atomic E-state index is 5.66. The summed E-state index contributed by atoms with van der Waals surface area (Å²) in [5, 5.41) is 16.1. The van der Waals surface area contributed by atoms with Crippen molar-refractivity contribution in [2.45, 2.75) is 13.0 Å². The Labute approximate surface area is 161 Å². The van der Waals surface area contributed by atoms with E-state index in [1.165, 1.54) is 0 Å². The highest BCUT2D eigenvalue weighted by Gasteiger charge is 2.27. The summed E-state index contributed by atoms with van der Waals surface area (Å²) in [5.41, 5.74) is 2.21. The van der Waals surface area contributed by atoms with E-state index in [0.29, 0.717) is 36.4 Å². The molecule has 10 heteroatoms. The normalized spacial score (nSPS) is 19.7. The van der Waals surface area contributed by atoms with Crippen molar-refractivity contribution in [2.75, 3.05) is 39.9 Å². The largest absolute Gasteiger partial charge is 0.486 e. The molecule has 3 aromatic rings. The van der Waals surface area contributed by atoms with Gasteiger partial charge in [-0.05, 0) is 26.1 Å². The van der Waals surface area contributed by atoms with Crippen molar-refractivity contribution in [1.29, 1.82) is 0 Å². The van der Waals surface area contributed by atoms with E-state index in [-0.39, 0.29) is 6.04 Å². The summed E-state index contributed by atoms with van der Waals surface area (Å²) in [7, 11) is 2.06. The molecule has 0 spiro atoms. The van der Waals surface area contributed by atoms with Gasteiger partial charge in [0.15, 0.2) is 23.0 Å². The van der Waals surface area contributed by atoms with Crippen molar-refractivity contribution < 1.29 is 14.0 Å². The van der Waals surface area contributed by atoms with Crippen LogP contribution >= 0.6 is 0 Å². The fourth-order valence-electron chi connectivity index (χ4n) is 3.50. The predicted molar refractivity (Wildman–Crippen MR) is 98.6 cm³/mol. The van der Waals surface area contributed by atoms with Gasteiger partial charge < -0.3 is 19.3 Å². The zero-order valence-corrected chi connectivity index (χ0v) is 15.8. The topological polar surface area (TPSA) is 103 Å². The molecule has 4 heterocycles. The molecule has 10 nitrogen and oxygen atoms in total. The summed E-state index contributed by atoms with van der Waals surface area (Å²) in [6.45, 7) is 5.70. The van der Waals surface area contributed by atoms with Crippen LogP contribution in [0.15, 0.2) is 22.7 Å². The van der Waals surface area contributed by atoms with Crippen molar-refractivity contribution >= 4 is 0 Å². The lowest BCUT2D eigenvalue weighted by atomic mass is 10.2. The van der Waals surface area contributed by atoms with Crippen molar-refractivity contribution in [3.8, 4) is 28.8 Å². The molecule has 1 saturated heterocycles. The Morgan fingerprint density at radius 1 is 1.18 bits per heavy atom. The zero-order valence-electron chi connectivity index (χ0n) is 15.8. The van der Waals surface area contributed by atoms with Crippen LogP contribution < -0.4 is 14.8 Å². The fourth-order valence-corrected chi connectivity index (χ4v) is 3.50. The van der Waals surface area contributed by atoms with Crippen LogP contribution in [0, 0.1) is 6.92 Å². The average molecular weight is 383 g/mol. The van der Waals surface area contributed by atoms with E-state index < -0.39 is 0 Å². The van der Waals surface area contributed by atoms with Gasteiger partial charge in [0.2, 0.25) is 0 Å². The first-order valence-corrected chi connectivity index (χ1v) is 9.28. The standard InChI is InChI=1S/C18H21N7O3/c1-11-16(18-20-17(22-28-18)13-10-19-5-6-24(13)2)21-23-25(11)12-3-4-14-15(9-12)27-8-7-26-14/h3-4,9,13,19H,5-8,10H2,1-2H3. The summed E-state index contributed by atoms with van der Waals surface area (Å²) in [5.74, 6) is 2.46. The second-order valence-electron chi connectivity index (χ2n) is 6.92. The second-order valence-corrected chi connectivity index (χ2v) is 6.92. The van der Waals surface area contributed by atoms with Gasteiger partial charge in [-0.15, -0.1) is 5.10 Å². The number of ether oxygens (including phenoxy) is 2. The number of hydrogen-bond acceptors (Lipinski definition) is 9. The van der Waals surface area contributed by atoms with Gasteiger partial charge >= 0.3 is 0 Å². The molecule has 1 fully saturated rings. The number of hydrogen-bond donors (Lipinski definition) is 1. The van der Waals surface area contributed by atoms with Crippen LogP contribution in [0.3, 0.4) is 0 Å². The minimum atomic E-state index is 0.0828. The van der Waals surface area contributed by atoms with Gasteiger partial charge in [0.05, 0.1) is 17.4 Å². The van der Waals surface area contributed by atoms with Gasteiger partial charge in [0.25, 0.3) is 5.89 Å². The van der Waals surface area contributed by atoms with Gasteiger partial charge in [0.1, 0.15) is 13.2 Å². The molecule has 2 aliphatic rings. The van der Waals surface area contributed by atoms with Crippen molar-refractivity contribution in [2.24, 2.45) is 0 Å². The molecule has 1 unspecified atom stereocenters. The van der Waals surface area contributed by atoms with Crippen molar-refractivity contribution in [3.63, 3.8) is 0 Å². The number of nitrogens with one attached hydrogen (secondary N) is 1. The van der Waals surface area contributed by atoms with Crippen LogP contribution in [-0.2, 0) is 0 Å². The highest BCUT2D eigenvalue weighted by atomic mass is 16.6. The van der Waals surface area contributed by atoms with E-state index in [9.17, 15) is 0 Å².